The maximum Gasteiger partial charge on any atom is 0.467 e. The molecule has 0 aromatic rings. The van der Waals surface area contributed by atoms with E-state index in [1.54, 1.807) is 0 Å². The lowest BCUT2D eigenvalue weighted by molar-refractivity contribution is -0.464. The van der Waals surface area contributed by atoms with Gasteiger partial charge in [-0.05, 0) is 6.92 Å². The Bertz CT molecular complexity index is 544. The SMILES string of the molecule is C=C(C)C(=O)OC(F)(C(F)(F)F)C(F)(F)C(F)(F)C(F)(F)C(F)(F)F. The molecule has 0 radical (unpaired) electrons. The van der Waals surface area contributed by atoms with Gasteiger partial charge in [0.2, 0.25) is 0 Å². The molecule has 0 heterocycles. The van der Waals surface area contributed by atoms with Crippen molar-refractivity contribution < 1.29 is 66.6 Å². The fourth-order valence-electron chi connectivity index (χ4n) is 1.09. The molecule has 0 fully saturated rings. The zero-order valence-electron chi connectivity index (χ0n) is 11.4. The van der Waals surface area contributed by atoms with Crippen LogP contribution in [0.1, 0.15) is 6.92 Å². The fraction of sp³-hybridized carbons (Fsp3) is 0.700. The first-order valence-corrected chi connectivity index (χ1v) is 5.42. The van der Waals surface area contributed by atoms with Crippen LogP contribution in [0.25, 0.3) is 0 Å². The molecule has 2 nitrogen and oxygen atoms in total. The molecule has 0 rings (SSSR count). The van der Waals surface area contributed by atoms with Crippen molar-refractivity contribution in [3.63, 3.8) is 0 Å². The van der Waals surface area contributed by atoms with Crippen LogP contribution in [0.3, 0.4) is 0 Å². The van der Waals surface area contributed by atoms with E-state index >= 15 is 0 Å². The lowest BCUT2D eigenvalue weighted by Crippen LogP contribution is -2.72. The first-order valence-electron chi connectivity index (χ1n) is 5.42. The van der Waals surface area contributed by atoms with Gasteiger partial charge in [-0.1, -0.05) is 6.58 Å². The van der Waals surface area contributed by atoms with Gasteiger partial charge in [0.1, 0.15) is 0 Å². The first kappa shape index (κ1) is 23.3. The third-order valence-corrected chi connectivity index (χ3v) is 2.49. The molecule has 0 aliphatic carbocycles. The smallest absolute Gasteiger partial charge is 0.411 e. The van der Waals surface area contributed by atoms with E-state index in [-0.39, 0.29) is 0 Å². The minimum absolute atomic E-state index is 0.416. The number of carbonyl (C=O) groups excluding carboxylic acids is 1. The number of ether oxygens (including phenoxy) is 1. The third-order valence-electron chi connectivity index (χ3n) is 2.49. The second-order valence-corrected chi connectivity index (χ2v) is 4.48. The molecular weight excluding hydrogens is 399 g/mol. The van der Waals surface area contributed by atoms with Crippen LogP contribution in [0.5, 0.6) is 0 Å². The highest BCUT2D eigenvalue weighted by atomic mass is 19.4. The van der Waals surface area contributed by atoms with Crippen LogP contribution in [-0.4, -0.2) is 41.9 Å². The third kappa shape index (κ3) is 3.36. The number of carbonyl (C=O) groups is 1. The normalized spacial score (nSPS) is 17.0. The fourth-order valence-corrected chi connectivity index (χ4v) is 1.09. The standard InChI is InChI=1S/C10H5F13O2/c1-3(2)4(24)25-8(17,10(21,22)23)6(13,14)5(11,12)7(15,16)9(18,19)20/h1H2,2H3. The summed E-state index contributed by atoms with van der Waals surface area (Å²) in [7, 11) is 0. The monoisotopic (exact) mass is 404 g/mol. The first-order chi connectivity index (χ1) is 10.6. The Morgan fingerprint density at radius 2 is 1.04 bits per heavy atom. The Balaban J connectivity index is 6.53. The minimum Gasteiger partial charge on any atom is -0.411 e. The topological polar surface area (TPSA) is 26.3 Å². The average Bonchev–Trinajstić information content (AvgIpc) is 2.34. The second kappa shape index (κ2) is 5.93. The summed E-state index contributed by atoms with van der Waals surface area (Å²) in [6, 6.07) is 0. The van der Waals surface area contributed by atoms with Crippen molar-refractivity contribution >= 4 is 5.97 Å². The molecule has 0 aliphatic heterocycles. The molecule has 0 aliphatic rings. The Hall–Kier alpha value is -1.70. The zero-order chi connectivity index (χ0) is 20.9. The number of halogens is 13. The molecule has 0 bridgehead atoms. The number of hydrogen-bond donors (Lipinski definition) is 0. The maximum atomic E-state index is 13.6. The van der Waals surface area contributed by atoms with Crippen molar-refractivity contribution in [2.24, 2.45) is 0 Å². The number of alkyl halides is 13. The van der Waals surface area contributed by atoms with E-state index in [4.69, 9.17) is 0 Å². The molecule has 0 aromatic carbocycles. The van der Waals surface area contributed by atoms with Crippen molar-refractivity contribution in [2.45, 2.75) is 42.9 Å². The lowest BCUT2D eigenvalue weighted by Gasteiger charge is -2.40. The second-order valence-electron chi connectivity index (χ2n) is 4.48. The van der Waals surface area contributed by atoms with Gasteiger partial charge in [0.15, 0.2) is 0 Å². The largest absolute Gasteiger partial charge is 0.467 e. The lowest BCUT2D eigenvalue weighted by atomic mass is 9.96. The van der Waals surface area contributed by atoms with Gasteiger partial charge >= 0.3 is 41.9 Å². The summed E-state index contributed by atoms with van der Waals surface area (Å²) in [6.45, 7) is 2.90. The van der Waals surface area contributed by atoms with E-state index in [2.05, 4.69) is 11.3 Å². The van der Waals surface area contributed by atoms with Gasteiger partial charge in [0, 0.05) is 5.57 Å². The molecule has 15 heteroatoms. The van der Waals surface area contributed by atoms with E-state index in [0.717, 1.165) is 0 Å². The van der Waals surface area contributed by atoms with Crippen LogP contribution in [0, 0.1) is 0 Å². The molecular formula is C10H5F13O2. The Morgan fingerprint density at radius 3 is 1.28 bits per heavy atom. The van der Waals surface area contributed by atoms with E-state index in [0.29, 0.717) is 6.92 Å². The van der Waals surface area contributed by atoms with Gasteiger partial charge < -0.3 is 4.74 Å². The van der Waals surface area contributed by atoms with Crippen LogP contribution in [0.2, 0.25) is 0 Å². The van der Waals surface area contributed by atoms with Crippen LogP contribution in [0.4, 0.5) is 57.1 Å². The molecule has 0 amide bonds. The molecule has 0 N–H and O–H groups in total. The average molecular weight is 404 g/mol. The van der Waals surface area contributed by atoms with Gasteiger partial charge in [-0.3, -0.25) is 0 Å². The predicted octanol–water partition coefficient (Wildman–Crippen LogP) is 4.80. The summed E-state index contributed by atoms with van der Waals surface area (Å²) < 4.78 is 166. The number of hydrogen-bond acceptors (Lipinski definition) is 2. The molecule has 0 spiro atoms. The summed E-state index contributed by atoms with van der Waals surface area (Å²) in [4.78, 5) is 10.8. The zero-order valence-corrected chi connectivity index (χ0v) is 11.4. The Morgan fingerprint density at radius 1 is 0.680 bits per heavy atom. The summed E-state index contributed by atoms with van der Waals surface area (Å²) in [5, 5.41) is 0. The Kier molecular flexibility index (Phi) is 5.53. The highest BCUT2D eigenvalue weighted by molar-refractivity contribution is 5.87. The van der Waals surface area contributed by atoms with Crippen LogP contribution < -0.4 is 0 Å². The van der Waals surface area contributed by atoms with Gasteiger partial charge in [-0.2, -0.15) is 57.1 Å². The quantitative estimate of drug-likeness (QED) is 0.374. The van der Waals surface area contributed by atoms with E-state index < -0.39 is 47.5 Å². The molecule has 1 unspecified atom stereocenters. The molecule has 25 heavy (non-hydrogen) atoms. The van der Waals surface area contributed by atoms with Crippen molar-refractivity contribution in [1.82, 2.24) is 0 Å². The van der Waals surface area contributed by atoms with Crippen LogP contribution >= 0.6 is 0 Å². The van der Waals surface area contributed by atoms with Gasteiger partial charge in [-0.15, -0.1) is 0 Å². The maximum absolute atomic E-state index is 13.6. The molecule has 0 saturated carbocycles. The summed E-state index contributed by atoms with van der Waals surface area (Å²) in [5.74, 6) is -33.7. The van der Waals surface area contributed by atoms with Gasteiger partial charge in [0.25, 0.3) is 0 Å². The number of rotatable bonds is 5. The molecule has 1 atom stereocenters. The summed E-state index contributed by atoms with van der Waals surface area (Å²) >= 11 is 0. The minimum atomic E-state index is -8.00. The van der Waals surface area contributed by atoms with Crippen molar-refractivity contribution in [3.8, 4) is 0 Å². The molecule has 148 valence electrons. The summed E-state index contributed by atoms with van der Waals surface area (Å²) in [6.07, 6.45) is -14.8. The van der Waals surface area contributed by atoms with Crippen molar-refractivity contribution in [1.29, 1.82) is 0 Å². The van der Waals surface area contributed by atoms with Crippen LogP contribution in [-0.2, 0) is 9.53 Å². The van der Waals surface area contributed by atoms with Crippen molar-refractivity contribution in [2.75, 3.05) is 0 Å². The van der Waals surface area contributed by atoms with E-state index in [9.17, 15) is 61.9 Å². The number of esters is 1. The van der Waals surface area contributed by atoms with E-state index in [1.807, 2.05) is 0 Å². The highest BCUT2D eigenvalue weighted by Gasteiger charge is 2.92. The molecule has 0 aromatic heterocycles. The Labute approximate surface area is 129 Å². The highest BCUT2D eigenvalue weighted by Crippen LogP contribution is 2.60. The predicted molar refractivity (Wildman–Crippen MR) is 51.7 cm³/mol. The van der Waals surface area contributed by atoms with E-state index in [1.165, 1.54) is 0 Å². The van der Waals surface area contributed by atoms with Crippen LogP contribution in [0.15, 0.2) is 12.2 Å². The van der Waals surface area contributed by atoms with Crippen molar-refractivity contribution in [3.05, 3.63) is 12.2 Å². The summed E-state index contributed by atoms with van der Waals surface area (Å²) in [5.41, 5.74) is -1.28. The van der Waals surface area contributed by atoms with Gasteiger partial charge in [-0.25, -0.2) is 4.79 Å². The van der Waals surface area contributed by atoms with Gasteiger partial charge in [0.05, 0.1) is 0 Å². The molecule has 0 saturated heterocycles.